The first-order chi connectivity index (χ1) is 11.2. The molecule has 0 radical (unpaired) electrons. The number of carbonyl (C=O) groups is 1. The number of benzene rings is 1. The Labute approximate surface area is 140 Å². The van der Waals surface area contributed by atoms with Gasteiger partial charge in [-0.25, -0.2) is 4.99 Å². The minimum atomic E-state index is -3.73. The van der Waals surface area contributed by atoms with Crippen LogP contribution in [0.15, 0.2) is 23.2 Å². The van der Waals surface area contributed by atoms with Gasteiger partial charge in [-0.2, -0.15) is 8.42 Å². The fourth-order valence-electron chi connectivity index (χ4n) is 2.28. The molecular formula is C15H19NO7S. The molecule has 0 bridgehead atoms. The van der Waals surface area contributed by atoms with Gasteiger partial charge in [-0.1, -0.05) is 6.07 Å². The number of hydrogen-bond acceptors (Lipinski definition) is 8. The van der Waals surface area contributed by atoms with E-state index in [1.54, 1.807) is 25.1 Å². The highest BCUT2D eigenvalue weighted by atomic mass is 32.2. The summed E-state index contributed by atoms with van der Waals surface area (Å²) in [5.74, 6) is 0.229. The van der Waals surface area contributed by atoms with E-state index in [2.05, 4.69) is 4.99 Å². The SMILES string of the molecule is CC(=O)Oc1cccc(C2=N[C@H]([C@H](CO)OS(C)(=O)=O)CO2)c1C. The molecule has 0 aromatic heterocycles. The molecule has 0 saturated heterocycles. The highest BCUT2D eigenvalue weighted by Crippen LogP contribution is 2.25. The van der Waals surface area contributed by atoms with E-state index in [4.69, 9.17) is 13.7 Å². The second-order valence-electron chi connectivity index (χ2n) is 5.36. The number of ether oxygens (including phenoxy) is 2. The van der Waals surface area contributed by atoms with Crippen LogP contribution in [0.25, 0.3) is 0 Å². The summed E-state index contributed by atoms with van der Waals surface area (Å²) in [7, 11) is -3.73. The molecule has 0 saturated carbocycles. The van der Waals surface area contributed by atoms with Crippen LogP contribution < -0.4 is 4.74 Å². The number of esters is 1. The van der Waals surface area contributed by atoms with E-state index in [-0.39, 0.29) is 12.5 Å². The van der Waals surface area contributed by atoms with Gasteiger partial charge in [0, 0.05) is 18.1 Å². The third-order valence-electron chi connectivity index (χ3n) is 3.35. The number of aliphatic hydroxyl groups is 1. The Morgan fingerprint density at radius 1 is 1.50 bits per heavy atom. The van der Waals surface area contributed by atoms with E-state index in [0.29, 0.717) is 16.9 Å². The molecule has 0 amide bonds. The van der Waals surface area contributed by atoms with Crippen molar-refractivity contribution in [3.8, 4) is 5.75 Å². The van der Waals surface area contributed by atoms with Crippen molar-refractivity contribution in [1.82, 2.24) is 0 Å². The molecule has 1 heterocycles. The summed E-state index contributed by atoms with van der Waals surface area (Å²) < 4.78 is 37.9. The summed E-state index contributed by atoms with van der Waals surface area (Å²) >= 11 is 0. The van der Waals surface area contributed by atoms with E-state index in [9.17, 15) is 18.3 Å². The molecule has 0 spiro atoms. The Balaban J connectivity index is 2.26. The lowest BCUT2D eigenvalue weighted by Gasteiger charge is -2.16. The maximum Gasteiger partial charge on any atom is 0.308 e. The topological polar surface area (TPSA) is 111 Å². The number of carbonyl (C=O) groups excluding carboxylic acids is 1. The van der Waals surface area contributed by atoms with Crippen LogP contribution in [-0.4, -0.2) is 57.0 Å². The number of aliphatic imine (C=N–C) groups is 1. The van der Waals surface area contributed by atoms with Gasteiger partial charge in [0.1, 0.15) is 24.5 Å². The van der Waals surface area contributed by atoms with E-state index in [1.165, 1.54) is 6.92 Å². The second-order valence-corrected chi connectivity index (χ2v) is 6.96. The van der Waals surface area contributed by atoms with E-state index >= 15 is 0 Å². The smallest absolute Gasteiger partial charge is 0.308 e. The van der Waals surface area contributed by atoms with Gasteiger partial charge in [0.15, 0.2) is 0 Å². The van der Waals surface area contributed by atoms with Gasteiger partial charge in [-0.15, -0.1) is 0 Å². The van der Waals surface area contributed by atoms with Crippen LogP contribution in [0, 0.1) is 6.92 Å². The van der Waals surface area contributed by atoms with E-state index in [0.717, 1.165) is 6.26 Å². The lowest BCUT2D eigenvalue weighted by atomic mass is 10.1. The summed E-state index contributed by atoms with van der Waals surface area (Å²) in [6.45, 7) is 2.63. The molecule has 1 N–H and O–H groups in total. The van der Waals surface area contributed by atoms with Crippen LogP contribution in [0.5, 0.6) is 5.75 Å². The highest BCUT2D eigenvalue weighted by Gasteiger charge is 2.31. The van der Waals surface area contributed by atoms with Gasteiger partial charge < -0.3 is 14.6 Å². The number of hydrogen-bond donors (Lipinski definition) is 1. The molecule has 24 heavy (non-hydrogen) atoms. The third-order valence-corrected chi connectivity index (χ3v) is 3.95. The molecule has 1 aliphatic rings. The van der Waals surface area contributed by atoms with Crippen LogP contribution in [0.2, 0.25) is 0 Å². The van der Waals surface area contributed by atoms with Gasteiger partial charge in [-0.3, -0.25) is 8.98 Å². The van der Waals surface area contributed by atoms with Crippen molar-refractivity contribution in [3.05, 3.63) is 29.3 Å². The average Bonchev–Trinajstić information content (AvgIpc) is 2.95. The van der Waals surface area contributed by atoms with Crippen LogP contribution in [-0.2, 0) is 23.8 Å². The monoisotopic (exact) mass is 357 g/mol. The lowest BCUT2D eigenvalue weighted by molar-refractivity contribution is -0.131. The van der Waals surface area contributed by atoms with Gasteiger partial charge >= 0.3 is 5.97 Å². The Morgan fingerprint density at radius 3 is 2.79 bits per heavy atom. The lowest BCUT2D eigenvalue weighted by Crippen LogP contribution is -2.34. The molecule has 1 aromatic carbocycles. The first-order valence-electron chi connectivity index (χ1n) is 7.19. The Bertz CT molecular complexity index is 757. The molecule has 132 valence electrons. The summed E-state index contributed by atoms with van der Waals surface area (Å²) in [6.07, 6.45) is -0.113. The number of nitrogens with zero attached hydrogens (tertiary/aromatic N) is 1. The molecular weight excluding hydrogens is 338 g/mol. The third kappa shape index (κ3) is 4.53. The Kier molecular flexibility index (Phi) is 5.58. The first kappa shape index (κ1) is 18.4. The maximum absolute atomic E-state index is 11.2. The predicted molar refractivity (Wildman–Crippen MR) is 85.6 cm³/mol. The normalized spacial score (nSPS) is 18.7. The van der Waals surface area contributed by atoms with E-state index in [1.807, 2.05) is 0 Å². The summed E-state index contributed by atoms with van der Waals surface area (Å²) in [5.41, 5.74) is 1.28. The van der Waals surface area contributed by atoms with Crippen LogP contribution in [0.1, 0.15) is 18.1 Å². The van der Waals surface area contributed by atoms with E-state index < -0.39 is 34.8 Å². The predicted octanol–water partition coefficient (Wildman–Crippen LogP) is 0.403. The van der Waals surface area contributed by atoms with Crippen molar-refractivity contribution >= 4 is 22.0 Å². The average molecular weight is 357 g/mol. The summed E-state index contributed by atoms with van der Waals surface area (Å²) in [5, 5.41) is 9.33. The largest absolute Gasteiger partial charge is 0.475 e. The summed E-state index contributed by atoms with van der Waals surface area (Å²) in [6, 6.07) is 4.43. The quantitative estimate of drug-likeness (QED) is 0.446. The number of aliphatic hydroxyl groups excluding tert-OH is 1. The van der Waals surface area contributed by atoms with Gasteiger partial charge in [0.2, 0.25) is 5.90 Å². The molecule has 1 aliphatic heterocycles. The minimum Gasteiger partial charge on any atom is -0.475 e. The van der Waals surface area contributed by atoms with Crippen LogP contribution >= 0.6 is 0 Å². The highest BCUT2D eigenvalue weighted by molar-refractivity contribution is 7.86. The van der Waals surface area contributed by atoms with Crippen molar-refractivity contribution in [1.29, 1.82) is 0 Å². The second kappa shape index (κ2) is 7.29. The Hall–Kier alpha value is -1.97. The zero-order valence-electron chi connectivity index (χ0n) is 13.6. The molecule has 2 atom stereocenters. The molecule has 0 aliphatic carbocycles. The van der Waals surface area contributed by atoms with Gasteiger partial charge in [0.05, 0.1) is 12.9 Å². The first-order valence-corrected chi connectivity index (χ1v) is 9.01. The van der Waals surface area contributed by atoms with Crippen molar-refractivity contribution in [2.24, 2.45) is 4.99 Å². The van der Waals surface area contributed by atoms with Crippen molar-refractivity contribution in [2.75, 3.05) is 19.5 Å². The van der Waals surface area contributed by atoms with Crippen LogP contribution in [0.3, 0.4) is 0 Å². The molecule has 9 heteroatoms. The molecule has 8 nitrogen and oxygen atoms in total. The molecule has 0 fully saturated rings. The van der Waals surface area contributed by atoms with Crippen molar-refractivity contribution in [3.63, 3.8) is 0 Å². The fourth-order valence-corrected chi connectivity index (χ4v) is 2.92. The number of rotatable bonds is 6. The zero-order chi connectivity index (χ0) is 17.9. The van der Waals surface area contributed by atoms with Gasteiger partial charge in [-0.05, 0) is 19.1 Å². The maximum atomic E-state index is 11.2. The summed E-state index contributed by atoms with van der Waals surface area (Å²) in [4.78, 5) is 15.4. The Morgan fingerprint density at radius 2 is 2.21 bits per heavy atom. The fraction of sp³-hybridized carbons (Fsp3) is 0.467. The van der Waals surface area contributed by atoms with Crippen molar-refractivity contribution < 1.29 is 32.0 Å². The molecule has 2 rings (SSSR count). The molecule has 1 aromatic rings. The van der Waals surface area contributed by atoms with Crippen molar-refractivity contribution in [2.45, 2.75) is 26.0 Å². The standard InChI is InChI=1S/C15H19NO7S/c1-9-11(5-4-6-13(9)22-10(2)18)15-16-12(8-21-15)14(7-17)23-24(3,19)20/h4-6,12,14,17H,7-8H2,1-3H3/t12-,14-/m0/s1. The van der Waals surface area contributed by atoms with Crippen LogP contribution in [0.4, 0.5) is 0 Å². The molecule has 0 unspecified atom stereocenters. The van der Waals surface area contributed by atoms with Gasteiger partial charge in [0.25, 0.3) is 10.1 Å². The minimum absolute atomic E-state index is 0.0767. The zero-order valence-corrected chi connectivity index (χ0v) is 14.4.